The smallest absolute Gasteiger partial charge is 0.340 e. The fraction of sp³-hybridized carbons (Fsp3) is 0.0682. The van der Waals surface area contributed by atoms with Crippen molar-refractivity contribution in [3.63, 3.8) is 0 Å². The van der Waals surface area contributed by atoms with Gasteiger partial charge in [-0.05, 0) is 95.7 Å². The third-order valence-electron chi connectivity index (χ3n) is 8.57. The summed E-state index contributed by atoms with van der Waals surface area (Å²) in [6.07, 6.45) is 0. The zero-order valence-electron chi connectivity index (χ0n) is 27.3. The monoisotopic (exact) mass is 639 g/mol. The highest BCUT2D eigenvalue weighted by Crippen LogP contribution is 2.40. The molecule has 5 nitrogen and oxygen atoms in total. The van der Waals surface area contributed by atoms with Crippen LogP contribution in [-0.4, -0.2) is 12.6 Å². The molecular weight excluding hydrogens is 603 g/mol. The highest BCUT2D eigenvalue weighted by atomic mass is 16.5. The molecule has 0 aliphatic carbocycles. The molecule has 0 radical (unpaired) electrons. The third kappa shape index (κ3) is 7.16. The zero-order chi connectivity index (χ0) is 33.4. The SMILES string of the molecule is CCOC(=O)c1ccccc1Nc1ccc(C(c2ccc(Nc3ccccc3)cc2)c2ccc(Nc3ccccc3)cc2)c2ccccc12. The van der Waals surface area contributed by atoms with Crippen molar-refractivity contribution >= 4 is 50.9 Å². The van der Waals surface area contributed by atoms with Crippen LogP contribution in [0.4, 0.5) is 34.1 Å². The molecule has 0 heterocycles. The lowest BCUT2D eigenvalue weighted by molar-refractivity contribution is 0.0527. The maximum Gasteiger partial charge on any atom is 0.340 e. The van der Waals surface area contributed by atoms with E-state index >= 15 is 0 Å². The molecule has 0 fully saturated rings. The first-order valence-corrected chi connectivity index (χ1v) is 16.5. The molecule has 0 saturated carbocycles. The standard InChI is InChI=1S/C44H37N3O2/c1-2-49-44(48)40-19-11-12-20-41(40)47-42-30-29-39(37-17-9-10-18-38(37)42)43(31-21-25-35(26-22-31)45-33-13-5-3-6-14-33)32-23-27-36(28-24-32)46-34-15-7-4-8-16-34/h3-30,43,45-47H,2H2,1H3. The molecule has 0 unspecified atom stereocenters. The van der Waals surface area contributed by atoms with Gasteiger partial charge in [-0.15, -0.1) is 0 Å². The Labute approximate surface area is 287 Å². The van der Waals surface area contributed by atoms with E-state index in [0.29, 0.717) is 17.9 Å². The second kappa shape index (κ2) is 14.6. The van der Waals surface area contributed by atoms with Crippen LogP contribution in [0.2, 0.25) is 0 Å². The Hall–Kier alpha value is -6.33. The van der Waals surface area contributed by atoms with Crippen molar-refractivity contribution in [3.05, 3.63) is 192 Å². The Balaban J connectivity index is 1.28. The van der Waals surface area contributed by atoms with Gasteiger partial charge >= 0.3 is 5.97 Å². The van der Waals surface area contributed by atoms with Crippen molar-refractivity contribution in [3.8, 4) is 0 Å². The highest BCUT2D eigenvalue weighted by molar-refractivity contribution is 6.01. The molecule has 240 valence electrons. The predicted molar refractivity (Wildman–Crippen MR) is 203 cm³/mol. The Kier molecular flexibility index (Phi) is 9.33. The molecule has 7 rings (SSSR count). The van der Waals surface area contributed by atoms with Crippen molar-refractivity contribution in [2.75, 3.05) is 22.6 Å². The quantitative estimate of drug-likeness (QED) is 0.0971. The molecular formula is C44H37N3O2. The van der Waals surface area contributed by atoms with Gasteiger partial charge in [0.15, 0.2) is 0 Å². The number of ether oxygens (including phenoxy) is 1. The molecule has 0 aromatic heterocycles. The average molecular weight is 640 g/mol. The van der Waals surface area contributed by atoms with Crippen LogP contribution in [0, 0.1) is 0 Å². The minimum atomic E-state index is -0.345. The molecule has 5 heteroatoms. The minimum absolute atomic E-state index is 0.0395. The molecule has 7 aromatic rings. The lowest BCUT2D eigenvalue weighted by Gasteiger charge is -2.23. The molecule has 49 heavy (non-hydrogen) atoms. The van der Waals surface area contributed by atoms with Crippen molar-refractivity contribution < 1.29 is 9.53 Å². The first-order chi connectivity index (χ1) is 24.2. The van der Waals surface area contributed by atoms with Crippen LogP contribution >= 0.6 is 0 Å². The second-order valence-electron chi connectivity index (χ2n) is 11.8. The number of anilines is 6. The van der Waals surface area contributed by atoms with Crippen molar-refractivity contribution in [1.29, 1.82) is 0 Å². The molecule has 0 aliphatic heterocycles. The first kappa shape index (κ1) is 31.3. The predicted octanol–water partition coefficient (Wildman–Crippen LogP) is 11.4. The van der Waals surface area contributed by atoms with Gasteiger partial charge in [0.1, 0.15) is 0 Å². The normalized spacial score (nSPS) is 10.9. The van der Waals surface area contributed by atoms with Crippen LogP contribution in [-0.2, 0) is 4.74 Å². The van der Waals surface area contributed by atoms with E-state index in [-0.39, 0.29) is 11.9 Å². The Bertz CT molecular complexity index is 2080. The lowest BCUT2D eigenvalue weighted by Crippen LogP contribution is -2.08. The van der Waals surface area contributed by atoms with Crippen LogP contribution in [0.3, 0.4) is 0 Å². The average Bonchev–Trinajstić information content (AvgIpc) is 3.15. The summed E-state index contributed by atoms with van der Waals surface area (Å²) in [6.45, 7) is 2.13. The molecule has 7 aromatic carbocycles. The number of nitrogens with one attached hydrogen (secondary N) is 3. The number of hydrogen-bond donors (Lipinski definition) is 3. The molecule has 0 atom stereocenters. The van der Waals surface area contributed by atoms with E-state index in [9.17, 15) is 4.79 Å². The number of fused-ring (bicyclic) bond motifs is 1. The van der Waals surface area contributed by atoms with Gasteiger partial charge in [0, 0.05) is 39.7 Å². The van der Waals surface area contributed by atoms with E-state index in [1.807, 2.05) is 61.5 Å². The van der Waals surface area contributed by atoms with E-state index in [1.165, 1.54) is 16.7 Å². The lowest BCUT2D eigenvalue weighted by atomic mass is 9.82. The third-order valence-corrected chi connectivity index (χ3v) is 8.57. The highest BCUT2D eigenvalue weighted by Gasteiger charge is 2.21. The van der Waals surface area contributed by atoms with Gasteiger partial charge < -0.3 is 20.7 Å². The zero-order valence-corrected chi connectivity index (χ0v) is 27.3. The largest absolute Gasteiger partial charge is 0.462 e. The van der Waals surface area contributed by atoms with Gasteiger partial charge in [0.25, 0.3) is 0 Å². The molecule has 0 amide bonds. The van der Waals surface area contributed by atoms with Crippen LogP contribution in [0.1, 0.15) is 39.9 Å². The fourth-order valence-electron chi connectivity index (χ4n) is 6.25. The minimum Gasteiger partial charge on any atom is -0.462 e. The summed E-state index contributed by atoms with van der Waals surface area (Å²) < 4.78 is 5.34. The maximum absolute atomic E-state index is 12.8. The van der Waals surface area contributed by atoms with Gasteiger partial charge in [-0.3, -0.25) is 0 Å². The maximum atomic E-state index is 12.8. The van der Waals surface area contributed by atoms with E-state index in [0.717, 1.165) is 39.2 Å². The van der Waals surface area contributed by atoms with Crippen LogP contribution in [0.15, 0.2) is 170 Å². The molecule has 3 N–H and O–H groups in total. The summed E-state index contributed by atoms with van der Waals surface area (Å²) in [5.41, 5.74) is 9.83. The summed E-state index contributed by atoms with van der Waals surface area (Å²) in [7, 11) is 0. The molecule has 0 bridgehead atoms. The number of esters is 1. The molecule has 0 aliphatic rings. The molecule has 0 spiro atoms. The van der Waals surface area contributed by atoms with Gasteiger partial charge in [0.2, 0.25) is 0 Å². The second-order valence-corrected chi connectivity index (χ2v) is 11.8. The summed E-state index contributed by atoms with van der Waals surface area (Å²) in [5.74, 6) is -0.385. The fourth-order valence-corrected chi connectivity index (χ4v) is 6.25. The number of rotatable bonds is 11. The number of carbonyl (C=O) groups is 1. The Morgan fingerprint density at radius 2 is 0.980 bits per heavy atom. The van der Waals surface area contributed by atoms with Crippen LogP contribution in [0.5, 0.6) is 0 Å². The molecule has 0 saturated heterocycles. The Morgan fingerprint density at radius 1 is 0.490 bits per heavy atom. The Morgan fingerprint density at radius 3 is 1.55 bits per heavy atom. The number of para-hydroxylation sites is 3. The number of benzene rings is 7. The van der Waals surface area contributed by atoms with E-state index < -0.39 is 0 Å². The summed E-state index contributed by atoms with van der Waals surface area (Å²) in [5, 5.41) is 12.8. The van der Waals surface area contributed by atoms with Gasteiger partial charge in [-0.2, -0.15) is 0 Å². The topological polar surface area (TPSA) is 62.4 Å². The summed E-state index contributed by atoms with van der Waals surface area (Å²) in [4.78, 5) is 12.8. The van der Waals surface area contributed by atoms with E-state index in [4.69, 9.17) is 4.74 Å². The van der Waals surface area contributed by atoms with Crippen LogP contribution in [0.25, 0.3) is 10.8 Å². The summed E-state index contributed by atoms with van der Waals surface area (Å²) in [6, 6.07) is 58.1. The van der Waals surface area contributed by atoms with Crippen LogP contribution < -0.4 is 16.0 Å². The van der Waals surface area contributed by atoms with E-state index in [1.54, 1.807) is 6.07 Å². The van der Waals surface area contributed by atoms with E-state index in [2.05, 4.69) is 125 Å². The number of carbonyl (C=O) groups excluding carboxylic acids is 1. The van der Waals surface area contributed by atoms with Gasteiger partial charge in [-0.1, -0.05) is 103 Å². The number of hydrogen-bond acceptors (Lipinski definition) is 5. The summed E-state index contributed by atoms with van der Waals surface area (Å²) >= 11 is 0. The van der Waals surface area contributed by atoms with Crippen molar-refractivity contribution in [2.24, 2.45) is 0 Å². The van der Waals surface area contributed by atoms with Crippen molar-refractivity contribution in [1.82, 2.24) is 0 Å². The van der Waals surface area contributed by atoms with Crippen molar-refractivity contribution in [2.45, 2.75) is 12.8 Å². The van der Waals surface area contributed by atoms with Gasteiger partial charge in [0.05, 0.1) is 17.9 Å². The first-order valence-electron chi connectivity index (χ1n) is 16.5. The van der Waals surface area contributed by atoms with Gasteiger partial charge in [-0.25, -0.2) is 4.79 Å².